The van der Waals surface area contributed by atoms with Gasteiger partial charge in [0.15, 0.2) is 22.5 Å². The number of ether oxygens (including phenoxy) is 2. The molecular weight excluding hydrogens is 490 g/mol. The zero-order valence-electron chi connectivity index (χ0n) is 18.2. The Labute approximate surface area is 205 Å². The van der Waals surface area contributed by atoms with Crippen LogP contribution in [-0.2, 0) is 16.1 Å². The first-order valence-corrected chi connectivity index (χ1v) is 11.7. The highest BCUT2D eigenvalue weighted by Gasteiger charge is 2.24. The van der Waals surface area contributed by atoms with Gasteiger partial charge in [-0.25, -0.2) is 4.39 Å². The third-order valence-electron chi connectivity index (χ3n) is 4.64. The molecule has 176 valence electrons. The normalized spacial score (nSPS) is 12.9. The smallest absolute Gasteiger partial charge is 0.237 e. The summed E-state index contributed by atoms with van der Waals surface area (Å²) >= 11 is 13.4. The molecule has 7 nitrogen and oxygen atoms in total. The highest BCUT2D eigenvalue weighted by molar-refractivity contribution is 8.00. The van der Waals surface area contributed by atoms with E-state index in [0.29, 0.717) is 28.3 Å². The molecule has 0 saturated carbocycles. The summed E-state index contributed by atoms with van der Waals surface area (Å²) in [6.45, 7) is 4.06. The lowest BCUT2D eigenvalue weighted by molar-refractivity contribution is -0.115. The molecule has 1 amide bonds. The highest BCUT2D eigenvalue weighted by Crippen LogP contribution is 2.31. The lowest BCUT2D eigenvalue weighted by Gasteiger charge is -2.19. The Bertz CT molecular complexity index is 1110. The molecule has 2 atom stereocenters. The topological polar surface area (TPSA) is 78.3 Å². The van der Waals surface area contributed by atoms with Gasteiger partial charge in [-0.2, -0.15) is 0 Å². The zero-order valence-corrected chi connectivity index (χ0v) is 20.5. The van der Waals surface area contributed by atoms with E-state index >= 15 is 0 Å². The molecular formula is C22H23Cl2FN4O3S. The molecule has 11 heteroatoms. The van der Waals surface area contributed by atoms with Gasteiger partial charge in [-0.05, 0) is 38.1 Å². The van der Waals surface area contributed by atoms with E-state index in [9.17, 15) is 9.18 Å². The molecule has 3 rings (SSSR count). The number of amides is 1. The second-order valence-corrected chi connectivity index (χ2v) is 9.24. The Hall–Kier alpha value is -2.33. The number of methoxy groups -OCH3 is 1. The molecule has 0 aliphatic carbocycles. The summed E-state index contributed by atoms with van der Waals surface area (Å²) in [5, 5.41) is 11.8. The molecule has 3 aromatic rings. The van der Waals surface area contributed by atoms with Crippen molar-refractivity contribution in [2.24, 2.45) is 0 Å². The van der Waals surface area contributed by atoms with E-state index in [4.69, 9.17) is 32.7 Å². The molecule has 0 radical (unpaired) electrons. The molecule has 0 aliphatic rings. The molecule has 0 unspecified atom stereocenters. The number of hydrogen-bond acceptors (Lipinski definition) is 6. The molecule has 0 aliphatic heterocycles. The summed E-state index contributed by atoms with van der Waals surface area (Å²) in [6.07, 6.45) is 0. The predicted molar refractivity (Wildman–Crippen MR) is 128 cm³/mol. The maximum Gasteiger partial charge on any atom is 0.237 e. The molecule has 33 heavy (non-hydrogen) atoms. The van der Waals surface area contributed by atoms with Gasteiger partial charge in [-0.1, -0.05) is 53.2 Å². The summed E-state index contributed by atoms with van der Waals surface area (Å²) in [4.78, 5) is 12.8. The second-order valence-electron chi connectivity index (χ2n) is 7.14. The van der Waals surface area contributed by atoms with Crippen molar-refractivity contribution in [3.8, 4) is 5.75 Å². The lowest BCUT2D eigenvalue weighted by atomic mass is 10.3. The molecule has 1 aromatic heterocycles. The van der Waals surface area contributed by atoms with E-state index in [1.54, 1.807) is 44.4 Å². The average Bonchev–Trinajstić information content (AvgIpc) is 3.18. The van der Waals surface area contributed by atoms with Gasteiger partial charge in [-0.3, -0.25) is 9.36 Å². The third-order valence-corrected chi connectivity index (χ3v) is 6.51. The molecule has 2 aromatic carbocycles. The third kappa shape index (κ3) is 6.38. The van der Waals surface area contributed by atoms with Crippen LogP contribution < -0.4 is 10.1 Å². The fourth-order valence-electron chi connectivity index (χ4n) is 3.00. The van der Waals surface area contributed by atoms with Crippen LogP contribution in [0.25, 0.3) is 0 Å². The van der Waals surface area contributed by atoms with Crippen molar-refractivity contribution in [2.75, 3.05) is 19.0 Å². The predicted octanol–water partition coefficient (Wildman–Crippen LogP) is 5.63. The van der Waals surface area contributed by atoms with Crippen LogP contribution in [0.5, 0.6) is 5.75 Å². The number of rotatable bonds is 10. The van der Waals surface area contributed by atoms with Crippen LogP contribution in [-0.4, -0.2) is 39.6 Å². The van der Waals surface area contributed by atoms with Crippen molar-refractivity contribution in [3.63, 3.8) is 0 Å². The van der Waals surface area contributed by atoms with Crippen LogP contribution in [0, 0.1) is 5.82 Å². The lowest BCUT2D eigenvalue weighted by Crippen LogP contribution is -2.24. The van der Waals surface area contributed by atoms with Crippen LogP contribution in [0.2, 0.25) is 10.0 Å². The summed E-state index contributed by atoms with van der Waals surface area (Å²) in [5.74, 6) is -0.141. The van der Waals surface area contributed by atoms with E-state index in [2.05, 4.69) is 15.5 Å². The number of para-hydroxylation sites is 1. The second kappa shape index (κ2) is 11.7. The Morgan fingerprint density at radius 3 is 2.67 bits per heavy atom. The van der Waals surface area contributed by atoms with Gasteiger partial charge in [-0.15, -0.1) is 10.2 Å². The van der Waals surface area contributed by atoms with E-state index < -0.39 is 11.1 Å². The number of benzene rings is 2. The number of hydrogen-bond donors (Lipinski definition) is 1. The van der Waals surface area contributed by atoms with Crippen molar-refractivity contribution in [3.05, 3.63) is 64.2 Å². The number of carbonyl (C=O) groups is 1. The highest BCUT2D eigenvalue weighted by atomic mass is 35.5. The number of aromatic nitrogens is 3. The molecule has 1 heterocycles. The van der Waals surface area contributed by atoms with Crippen LogP contribution in [0.4, 0.5) is 10.1 Å². The first-order chi connectivity index (χ1) is 15.8. The van der Waals surface area contributed by atoms with E-state index in [-0.39, 0.29) is 29.3 Å². The van der Waals surface area contributed by atoms with Gasteiger partial charge >= 0.3 is 0 Å². The minimum Gasteiger partial charge on any atom is -0.483 e. The van der Waals surface area contributed by atoms with E-state index in [1.807, 2.05) is 11.5 Å². The molecule has 0 fully saturated rings. The number of carbonyl (C=O) groups excluding carboxylic acids is 1. The summed E-state index contributed by atoms with van der Waals surface area (Å²) in [7, 11) is 1.59. The SMILES string of the molecule is COC[C@H](C)n1c(COc2ccccc2F)nnc1S[C@@H](C)C(=O)Nc1cccc(Cl)c1Cl. The van der Waals surface area contributed by atoms with E-state index in [0.717, 1.165) is 0 Å². The van der Waals surface area contributed by atoms with Gasteiger partial charge in [0.1, 0.15) is 6.61 Å². The maximum absolute atomic E-state index is 13.9. The van der Waals surface area contributed by atoms with Gasteiger partial charge in [0.2, 0.25) is 5.91 Å². The van der Waals surface area contributed by atoms with Crippen LogP contribution >= 0.6 is 35.0 Å². The number of anilines is 1. The first kappa shape index (κ1) is 25.3. The minimum atomic E-state index is -0.530. The molecule has 1 N–H and O–H groups in total. The van der Waals surface area contributed by atoms with Crippen molar-refractivity contribution in [1.82, 2.24) is 14.8 Å². The number of nitrogens with zero attached hydrogens (tertiary/aromatic N) is 3. The van der Waals surface area contributed by atoms with Crippen molar-refractivity contribution in [2.45, 2.75) is 36.9 Å². The number of halogens is 3. The Kier molecular flexibility index (Phi) is 8.96. The van der Waals surface area contributed by atoms with Crippen molar-refractivity contribution >= 4 is 46.6 Å². The molecule has 0 spiro atoms. The monoisotopic (exact) mass is 512 g/mol. The first-order valence-electron chi connectivity index (χ1n) is 10.0. The Morgan fingerprint density at radius 2 is 1.94 bits per heavy atom. The average molecular weight is 513 g/mol. The fraction of sp³-hybridized carbons (Fsp3) is 0.318. The number of nitrogens with one attached hydrogen (secondary N) is 1. The van der Waals surface area contributed by atoms with Gasteiger partial charge < -0.3 is 14.8 Å². The quantitative estimate of drug-likeness (QED) is 0.354. The zero-order chi connectivity index (χ0) is 24.0. The van der Waals surface area contributed by atoms with Crippen LogP contribution in [0.15, 0.2) is 47.6 Å². The van der Waals surface area contributed by atoms with Crippen molar-refractivity contribution in [1.29, 1.82) is 0 Å². The number of thioether (sulfide) groups is 1. The summed E-state index contributed by atoms with van der Waals surface area (Å²) in [6, 6.07) is 11.0. The van der Waals surface area contributed by atoms with Crippen molar-refractivity contribution < 1.29 is 18.7 Å². The van der Waals surface area contributed by atoms with Gasteiger partial charge in [0, 0.05) is 7.11 Å². The van der Waals surface area contributed by atoms with Gasteiger partial charge in [0.05, 0.1) is 33.6 Å². The summed E-state index contributed by atoms with van der Waals surface area (Å²) in [5.41, 5.74) is 0.426. The van der Waals surface area contributed by atoms with Crippen LogP contribution in [0.1, 0.15) is 25.7 Å². The Balaban J connectivity index is 1.76. The van der Waals surface area contributed by atoms with Crippen LogP contribution in [0.3, 0.4) is 0 Å². The Morgan fingerprint density at radius 1 is 1.18 bits per heavy atom. The van der Waals surface area contributed by atoms with E-state index in [1.165, 1.54) is 23.9 Å². The summed E-state index contributed by atoms with van der Waals surface area (Å²) < 4.78 is 26.6. The minimum absolute atomic E-state index is 0.00124. The fourth-order valence-corrected chi connectivity index (χ4v) is 4.31. The molecule has 0 saturated heterocycles. The van der Waals surface area contributed by atoms with Gasteiger partial charge in [0.25, 0.3) is 0 Å². The maximum atomic E-state index is 13.9. The molecule has 0 bridgehead atoms. The largest absolute Gasteiger partial charge is 0.483 e. The standard InChI is InChI=1S/C22H23Cl2FN4O3S/c1-13(11-31-3)29-19(12-32-18-10-5-4-8-16(18)25)27-28-22(29)33-14(2)21(30)26-17-9-6-7-15(23)20(17)24/h4-10,13-14H,11-12H2,1-3H3,(H,26,30)/t13-,14-/m0/s1.